The van der Waals surface area contributed by atoms with Crippen molar-refractivity contribution >= 4 is 49.3 Å². The minimum atomic E-state index is -10.7. The molecule has 0 atom stereocenters. The third kappa shape index (κ3) is 24.1. The van der Waals surface area contributed by atoms with E-state index in [9.17, 15) is 60.9 Å². The monoisotopic (exact) mass is 1100 g/mol. The summed E-state index contributed by atoms with van der Waals surface area (Å²) in [5, 5.41) is 23.5. The summed E-state index contributed by atoms with van der Waals surface area (Å²) in [4.78, 5) is 4.53. The van der Waals surface area contributed by atoms with Gasteiger partial charge in [0.1, 0.15) is 37.4 Å². The van der Waals surface area contributed by atoms with Gasteiger partial charge >= 0.3 is 66.0 Å². The normalized spacial score (nSPS) is 13.2. The van der Waals surface area contributed by atoms with Crippen molar-refractivity contribution in [2.45, 2.75) is 130 Å². The zero-order valence-corrected chi connectivity index (χ0v) is 44.5. The van der Waals surface area contributed by atoms with Crippen LogP contribution < -0.4 is 18.9 Å². The van der Waals surface area contributed by atoms with E-state index in [4.69, 9.17) is 8.83 Å². The van der Waals surface area contributed by atoms with E-state index in [1.165, 1.54) is 0 Å². The molecule has 0 aliphatic rings. The van der Waals surface area contributed by atoms with Crippen LogP contribution in [-0.2, 0) is 14.1 Å². The first-order valence-corrected chi connectivity index (χ1v) is 28.8. The fourth-order valence-electron chi connectivity index (χ4n) is 7.77. The third-order valence-electron chi connectivity index (χ3n) is 11.3. The Bertz CT molecular complexity index is 2610. The molecule has 8 nitrogen and oxygen atoms in total. The van der Waals surface area contributed by atoms with Crippen LogP contribution >= 0.6 is 15.6 Å². The second kappa shape index (κ2) is 25.2. The van der Waals surface area contributed by atoms with E-state index in [1.54, 1.807) is 0 Å². The molecule has 0 unspecified atom stereocenters. The molecule has 0 bridgehead atoms. The average Bonchev–Trinajstić information content (AvgIpc) is 3.87. The summed E-state index contributed by atoms with van der Waals surface area (Å²) >= 11 is 0. The summed E-state index contributed by atoms with van der Waals surface area (Å²) in [7, 11) is -17.4. The number of anilines is 2. The zero-order chi connectivity index (χ0) is 55.5. The zero-order valence-electron chi connectivity index (χ0n) is 42.7. The van der Waals surface area contributed by atoms with Gasteiger partial charge in [-0.3, -0.25) is 0 Å². The van der Waals surface area contributed by atoms with Crippen molar-refractivity contribution < 1.29 is 68.3 Å². The molecule has 410 valence electrons. The van der Waals surface area contributed by atoms with Crippen molar-refractivity contribution in [2.24, 2.45) is 14.1 Å². The number of unbranched alkanes of at least 4 members (excludes halogenated alkanes) is 12. The molecule has 74 heavy (non-hydrogen) atoms. The number of hydrogen-bond acceptors (Lipinski definition) is 6. The number of nitrogens with zero attached hydrogens (tertiary/aromatic N) is 6. The molecule has 5 aromatic rings. The van der Waals surface area contributed by atoms with Crippen LogP contribution in [0.1, 0.15) is 164 Å². The van der Waals surface area contributed by atoms with Gasteiger partial charge in [-0.2, -0.15) is 10.5 Å². The molecule has 22 heteroatoms. The molecular weight excluding hydrogens is 1030 g/mol. The maximum atomic E-state index is 11.2. The molecule has 0 aliphatic carbocycles. The average molecular weight is 1100 g/mol. The van der Waals surface area contributed by atoms with Gasteiger partial charge in [0, 0.05) is 61.6 Å². The van der Waals surface area contributed by atoms with Crippen LogP contribution in [0.15, 0.2) is 57.9 Å². The van der Waals surface area contributed by atoms with Crippen LogP contribution in [0.3, 0.4) is 0 Å². The van der Waals surface area contributed by atoms with Crippen molar-refractivity contribution in [3.63, 3.8) is 0 Å². The van der Waals surface area contributed by atoms with Crippen molar-refractivity contribution in [3.8, 4) is 35.8 Å². The fraction of sp³-hybridized carbons (Fsp3) is 0.500. The van der Waals surface area contributed by atoms with Gasteiger partial charge in [0.25, 0.3) is 0 Å². The van der Waals surface area contributed by atoms with Gasteiger partial charge in [-0.1, -0.05) is 128 Å². The van der Waals surface area contributed by atoms with Crippen molar-refractivity contribution in [3.05, 3.63) is 82.4 Å². The molecule has 5 rings (SSSR count). The topological polar surface area (TPSA) is 88.1 Å². The van der Waals surface area contributed by atoms with Gasteiger partial charge < -0.3 is 18.6 Å². The molecule has 0 aliphatic heterocycles. The number of halogens is 12. The van der Waals surface area contributed by atoms with Gasteiger partial charge in [-0.25, -0.2) is 9.13 Å². The van der Waals surface area contributed by atoms with Crippen LogP contribution in [0, 0.1) is 46.3 Å². The number of hydrogen-bond donors (Lipinski definition) is 0. The van der Waals surface area contributed by atoms with Gasteiger partial charge in [0.2, 0.25) is 11.8 Å². The van der Waals surface area contributed by atoms with E-state index in [-0.39, 0.29) is 0 Å². The molecule has 0 N–H and O–H groups in total. The standard InChI is InChI=1S/C52H66N6O2.2F6P/c1-7-11-15-19-31-57(32-20-16-12-8-2)51-45(39-53)47-43(25-23-41-27-35-55(5)36-28-41)50-48(44(49(47)59-51)26-24-42-29-37-56(6)38-30-42)46(40-54)52(60-50)58(33-21-17-13-9-3)34-22-18-14-10-4;2*1-7(2,3,4,5)6/h27-30,35-38H,7-22,31-34H2,1-6H3;;/q+2;2*-1. The van der Waals surface area contributed by atoms with Gasteiger partial charge in [0.05, 0.1) is 21.9 Å². The van der Waals surface area contributed by atoms with E-state index in [1.807, 2.05) is 72.3 Å². The number of rotatable bonds is 22. The summed E-state index contributed by atoms with van der Waals surface area (Å²) in [6.07, 6.45) is 25.5. The molecule has 0 amide bonds. The molecule has 1 aromatic carbocycles. The Labute approximate surface area is 425 Å². The van der Waals surface area contributed by atoms with Crippen LogP contribution in [0.25, 0.3) is 21.9 Å². The predicted molar refractivity (Wildman–Crippen MR) is 271 cm³/mol. The van der Waals surface area contributed by atoms with E-state index in [2.05, 4.69) is 73.3 Å². The summed E-state index contributed by atoms with van der Waals surface area (Å²) in [6.45, 7) is 12.0. The van der Waals surface area contributed by atoms with Crippen LogP contribution in [0.2, 0.25) is 0 Å². The molecule has 0 fully saturated rings. The number of nitriles is 2. The number of fused-ring (bicyclic) bond motifs is 2. The first kappa shape index (κ1) is 62.6. The Morgan fingerprint density at radius 1 is 0.419 bits per heavy atom. The van der Waals surface area contributed by atoms with E-state index in [0.29, 0.717) is 56.0 Å². The van der Waals surface area contributed by atoms with E-state index >= 15 is 0 Å². The molecule has 0 saturated carbocycles. The molecule has 0 radical (unpaired) electrons. The first-order valence-electron chi connectivity index (χ1n) is 24.7. The Balaban J connectivity index is 0.000000903. The van der Waals surface area contributed by atoms with Gasteiger partial charge in [-0.05, 0) is 25.7 Å². The van der Waals surface area contributed by atoms with Crippen molar-refractivity contribution in [1.82, 2.24) is 0 Å². The maximum absolute atomic E-state index is 11.2. The number of furan rings is 2. The SMILES string of the molecule is CCCCCCN(CCCCCC)c1oc2c(C#Cc3cc[n+](C)cc3)c3c(C#N)c(N(CCCCCC)CCCCCC)oc3c(C#Cc3cc[n+](C)cc3)c2c1C#N.F[P-](F)(F)(F)(F)F.F[P-](F)(F)(F)(F)F. The van der Waals surface area contributed by atoms with Crippen LogP contribution in [0.4, 0.5) is 62.1 Å². The third-order valence-corrected chi connectivity index (χ3v) is 11.3. The molecule has 4 aromatic heterocycles. The summed E-state index contributed by atoms with van der Waals surface area (Å²) in [5.74, 6) is 14.8. The Kier molecular flexibility index (Phi) is 21.4. The first-order chi connectivity index (χ1) is 34.3. The van der Waals surface area contributed by atoms with E-state index in [0.717, 1.165) is 140 Å². The Morgan fingerprint density at radius 3 is 0.905 bits per heavy atom. The molecule has 0 saturated heterocycles. The van der Waals surface area contributed by atoms with Gasteiger partial charge in [-0.15, -0.1) is 0 Å². The second-order valence-electron chi connectivity index (χ2n) is 18.1. The van der Waals surface area contributed by atoms with Crippen LogP contribution in [-0.4, -0.2) is 26.2 Å². The number of aryl methyl sites for hydroxylation is 2. The van der Waals surface area contributed by atoms with Gasteiger partial charge in [0.15, 0.2) is 36.0 Å². The molecular formula is C52H66F12N6O2P2. The molecule has 0 spiro atoms. The number of benzene rings is 1. The van der Waals surface area contributed by atoms with E-state index < -0.39 is 15.6 Å². The predicted octanol–water partition coefficient (Wildman–Crippen LogP) is 18.1. The second-order valence-corrected chi connectivity index (χ2v) is 21.9. The summed E-state index contributed by atoms with van der Waals surface area (Å²) < 4.78 is 136. The molecule has 4 heterocycles. The fourth-order valence-corrected chi connectivity index (χ4v) is 7.77. The summed E-state index contributed by atoms with van der Waals surface area (Å²) in [5.41, 5.74) is 4.56. The van der Waals surface area contributed by atoms with Crippen LogP contribution in [0.5, 0.6) is 0 Å². The Hall–Kier alpha value is -5.68. The number of pyridine rings is 2. The Morgan fingerprint density at radius 2 is 0.676 bits per heavy atom. The summed E-state index contributed by atoms with van der Waals surface area (Å²) in [6, 6.07) is 13.1. The quantitative estimate of drug-likeness (QED) is 0.0226. The number of aromatic nitrogens is 2. The van der Waals surface area contributed by atoms with Crippen molar-refractivity contribution in [1.29, 1.82) is 10.5 Å². The van der Waals surface area contributed by atoms with Crippen molar-refractivity contribution in [2.75, 3.05) is 36.0 Å². The minimum absolute atomic E-state index is 0.434.